The first kappa shape index (κ1) is 11.9. The largest absolute Gasteiger partial charge is 0.311 e. The van der Waals surface area contributed by atoms with Crippen LogP contribution in [0.5, 0.6) is 0 Å². The normalized spacial score (nSPS) is 32.4. The Morgan fingerprint density at radius 3 is 2.68 bits per heavy atom. The van der Waals surface area contributed by atoms with Crippen LogP contribution in [-0.2, 0) is 6.54 Å². The Morgan fingerprint density at radius 1 is 1.16 bits per heavy atom. The number of hydrogen-bond acceptors (Lipinski definition) is 3. The minimum absolute atomic E-state index is 0.735. The highest BCUT2D eigenvalue weighted by molar-refractivity contribution is 5.06. The van der Waals surface area contributed by atoms with E-state index < -0.39 is 0 Å². The Balaban J connectivity index is 1.47. The van der Waals surface area contributed by atoms with Crippen molar-refractivity contribution in [2.24, 2.45) is 11.8 Å². The fourth-order valence-corrected chi connectivity index (χ4v) is 3.50. The summed E-state index contributed by atoms with van der Waals surface area (Å²) >= 11 is 0. The molecule has 0 amide bonds. The van der Waals surface area contributed by atoms with E-state index in [1.54, 1.807) is 0 Å². The number of hydrogen-bond donors (Lipinski definition) is 1. The zero-order valence-electron chi connectivity index (χ0n) is 11.5. The van der Waals surface area contributed by atoms with Crippen molar-refractivity contribution in [2.75, 3.05) is 13.1 Å². The van der Waals surface area contributed by atoms with E-state index in [-0.39, 0.29) is 0 Å². The summed E-state index contributed by atoms with van der Waals surface area (Å²) in [5, 5.41) is 3.81. The molecule has 3 aliphatic rings. The molecule has 1 aliphatic heterocycles. The van der Waals surface area contributed by atoms with Crippen molar-refractivity contribution in [3.05, 3.63) is 30.1 Å². The van der Waals surface area contributed by atoms with Gasteiger partial charge in [0, 0.05) is 37.9 Å². The predicted octanol–water partition coefficient (Wildman–Crippen LogP) is 2.04. The average molecular weight is 257 g/mol. The minimum atomic E-state index is 0.735. The van der Waals surface area contributed by atoms with Crippen molar-refractivity contribution in [1.29, 1.82) is 0 Å². The van der Waals surface area contributed by atoms with E-state index in [0.29, 0.717) is 0 Å². The van der Waals surface area contributed by atoms with Crippen LogP contribution in [0.15, 0.2) is 24.4 Å². The molecular weight excluding hydrogens is 234 g/mol. The van der Waals surface area contributed by atoms with Crippen molar-refractivity contribution >= 4 is 0 Å². The molecule has 0 bridgehead atoms. The van der Waals surface area contributed by atoms with Crippen LogP contribution < -0.4 is 5.32 Å². The molecule has 2 unspecified atom stereocenters. The molecule has 1 saturated heterocycles. The van der Waals surface area contributed by atoms with Crippen LogP contribution in [0.25, 0.3) is 0 Å². The maximum atomic E-state index is 4.51. The lowest BCUT2D eigenvalue weighted by Crippen LogP contribution is -2.57. The lowest BCUT2D eigenvalue weighted by Gasteiger charge is -2.41. The topological polar surface area (TPSA) is 28.2 Å². The van der Waals surface area contributed by atoms with Gasteiger partial charge in [0.2, 0.25) is 0 Å². The second-order valence-electron chi connectivity index (χ2n) is 6.51. The standard InChI is InChI=1S/C16H23N3/c1-2-8-17-14(3-1)10-19-11-15(12-4-5-12)18-9-16(19)13-6-7-13/h1-3,8,12-13,15-16,18H,4-7,9-11H2. The molecule has 1 N–H and O–H groups in total. The molecule has 0 aromatic carbocycles. The SMILES string of the molecule is c1ccc(CN2CC(C3CC3)NCC2C2CC2)nc1. The summed E-state index contributed by atoms with van der Waals surface area (Å²) in [5.74, 6) is 1.89. The highest BCUT2D eigenvalue weighted by atomic mass is 15.2. The molecule has 0 spiro atoms. The maximum absolute atomic E-state index is 4.51. The van der Waals surface area contributed by atoms with Gasteiger partial charge in [-0.25, -0.2) is 0 Å². The van der Waals surface area contributed by atoms with Crippen molar-refractivity contribution < 1.29 is 0 Å². The van der Waals surface area contributed by atoms with Gasteiger partial charge in [-0.1, -0.05) is 6.07 Å². The van der Waals surface area contributed by atoms with E-state index in [4.69, 9.17) is 0 Å². The molecule has 102 valence electrons. The Bertz CT molecular complexity index is 425. The van der Waals surface area contributed by atoms with Crippen molar-refractivity contribution in [3.8, 4) is 0 Å². The summed E-state index contributed by atoms with van der Waals surface area (Å²) in [6, 6.07) is 7.76. The van der Waals surface area contributed by atoms with E-state index >= 15 is 0 Å². The lowest BCUT2D eigenvalue weighted by atomic mass is 10.0. The summed E-state index contributed by atoms with van der Waals surface area (Å²) in [7, 11) is 0. The average Bonchev–Trinajstić information content (AvgIpc) is 3.30. The quantitative estimate of drug-likeness (QED) is 0.894. The van der Waals surface area contributed by atoms with Gasteiger partial charge in [0.1, 0.15) is 0 Å². The van der Waals surface area contributed by atoms with Gasteiger partial charge in [-0.2, -0.15) is 0 Å². The third-order valence-electron chi connectivity index (χ3n) is 4.94. The molecule has 2 aliphatic carbocycles. The second kappa shape index (κ2) is 4.88. The van der Waals surface area contributed by atoms with Crippen LogP contribution >= 0.6 is 0 Å². The molecule has 1 aromatic rings. The Kier molecular flexibility index (Phi) is 3.04. The Hall–Kier alpha value is -0.930. The first-order chi connectivity index (χ1) is 9.40. The fourth-order valence-electron chi connectivity index (χ4n) is 3.50. The van der Waals surface area contributed by atoms with Gasteiger partial charge in [0.25, 0.3) is 0 Å². The molecule has 0 radical (unpaired) electrons. The van der Waals surface area contributed by atoms with Gasteiger partial charge in [-0.3, -0.25) is 9.88 Å². The van der Waals surface area contributed by atoms with E-state index in [2.05, 4.69) is 27.3 Å². The lowest BCUT2D eigenvalue weighted by molar-refractivity contribution is 0.0991. The number of aromatic nitrogens is 1. The molecule has 19 heavy (non-hydrogen) atoms. The monoisotopic (exact) mass is 257 g/mol. The number of piperazine rings is 1. The summed E-state index contributed by atoms with van der Waals surface area (Å²) in [4.78, 5) is 7.22. The smallest absolute Gasteiger partial charge is 0.0544 e. The van der Waals surface area contributed by atoms with Crippen LogP contribution in [0.1, 0.15) is 31.4 Å². The van der Waals surface area contributed by atoms with Gasteiger partial charge in [0.15, 0.2) is 0 Å². The molecule has 4 rings (SSSR count). The highest BCUT2D eigenvalue weighted by Crippen LogP contribution is 2.39. The number of pyridine rings is 1. The predicted molar refractivity (Wildman–Crippen MR) is 75.7 cm³/mol. The number of nitrogens with zero attached hydrogens (tertiary/aromatic N) is 2. The van der Waals surface area contributed by atoms with Crippen molar-refractivity contribution in [1.82, 2.24) is 15.2 Å². The minimum Gasteiger partial charge on any atom is -0.311 e. The molecule has 3 fully saturated rings. The zero-order valence-corrected chi connectivity index (χ0v) is 11.5. The first-order valence-electron chi connectivity index (χ1n) is 7.77. The van der Waals surface area contributed by atoms with Gasteiger partial charge in [-0.15, -0.1) is 0 Å². The summed E-state index contributed by atoms with van der Waals surface area (Å²) in [6.45, 7) is 3.45. The van der Waals surface area contributed by atoms with Gasteiger partial charge in [0.05, 0.1) is 5.69 Å². The van der Waals surface area contributed by atoms with Crippen LogP contribution in [0, 0.1) is 11.8 Å². The maximum Gasteiger partial charge on any atom is 0.0544 e. The fraction of sp³-hybridized carbons (Fsp3) is 0.688. The molecular formula is C16H23N3. The van der Waals surface area contributed by atoms with Crippen LogP contribution in [0.4, 0.5) is 0 Å². The molecule has 2 atom stereocenters. The molecule has 3 heteroatoms. The molecule has 3 nitrogen and oxygen atoms in total. The van der Waals surface area contributed by atoms with E-state index in [9.17, 15) is 0 Å². The highest BCUT2D eigenvalue weighted by Gasteiger charge is 2.42. The zero-order chi connectivity index (χ0) is 12.7. The summed E-state index contributed by atoms with van der Waals surface area (Å²) in [5.41, 5.74) is 1.23. The van der Waals surface area contributed by atoms with Crippen LogP contribution in [-0.4, -0.2) is 35.1 Å². The number of rotatable bonds is 4. The molecule has 1 aromatic heterocycles. The second-order valence-corrected chi connectivity index (χ2v) is 6.51. The van der Waals surface area contributed by atoms with E-state index in [1.165, 1.54) is 44.5 Å². The van der Waals surface area contributed by atoms with Crippen molar-refractivity contribution in [2.45, 2.75) is 44.3 Å². The third kappa shape index (κ3) is 2.67. The van der Waals surface area contributed by atoms with E-state index in [1.807, 2.05) is 12.3 Å². The first-order valence-corrected chi connectivity index (χ1v) is 7.77. The Labute approximate surface area is 115 Å². The van der Waals surface area contributed by atoms with Gasteiger partial charge >= 0.3 is 0 Å². The van der Waals surface area contributed by atoms with Crippen molar-refractivity contribution in [3.63, 3.8) is 0 Å². The van der Waals surface area contributed by atoms with E-state index in [0.717, 1.165) is 30.5 Å². The summed E-state index contributed by atoms with van der Waals surface area (Å²) < 4.78 is 0. The van der Waals surface area contributed by atoms with Crippen LogP contribution in [0.3, 0.4) is 0 Å². The summed E-state index contributed by atoms with van der Waals surface area (Å²) in [6.07, 6.45) is 7.65. The molecule has 2 heterocycles. The molecule has 2 saturated carbocycles. The number of nitrogens with one attached hydrogen (secondary N) is 1. The third-order valence-corrected chi connectivity index (χ3v) is 4.94. The van der Waals surface area contributed by atoms with Gasteiger partial charge < -0.3 is 5.32 Å². The van der Waals surface area contributed by atoms with Crippen LogP contribution in [0.2, 0.25) is 0 Å². The van der Waals surface area contributed by atoms with Gasteiger partial charge in [-0.05, 0) is 49.7 Å². The Morgan fingerprint density at radius 2 is 2.00 bits per heavy atom.